The lowest BCUT2D eigenvalue weighted by atomic mass is 9.50. The monoisotopic (exact) mass is 396 g/mol. The molecule has 1 N–H and O–H groups in total. The standard InChI is InChI=1S/C23H32N4O2/c1-3-5-6-7-8-10-19-21(14-24,15-25)22(16-26)18-13-17(9-4-2)11-12-23(18,28-19)29-20(22)27/h17-19,27H,3-13H2,1-2H3. The number of unbranched alkanes of at least 4 members (excludes halogenated alkanes) is 4. The van der Waals surface area contributed by atoms with E-state index in [1.165, 1.54) is 0 Å². The summed E-state index contributed by atoms with van der Waals surface area (Å²) in [5.41, 5.74) is -3.25. The molecule has 156 valence electrons. The van der Waals surface area contributed by atoms with Crippen LogP contribution in [0.1, 0.15) is 84.5 Å². The van der Waals surface area contributed by atoms with Gasteiger partial charge in [0, 0.05) is 6.42 Å². The summed E-state index contributed by atoms with van der Waals surface area (Å²) in [6.45, 7) is 4.30. The summed E-state index contributed by atoms with van der Waals surface area (Å²) in [5.74, 6) is -1.29. The first kappa shape index (κ1) is 21.6. The molecular weight excluding hydrogens is 364 g/mol. The molecule has 3 rings (SSSR count). The third kappa shape index (κ3) is 3.03. The van der Waals surface area contributed by atoms with Gasteiger partial charge < -0.3 is 9.47 Å². The quantitative estimate of drug-likeness (QED) is 0.566. The fourth-order valence-electron chi connectivity index (χ4n) is 5.89. The molecule has 2 aliphatic heterocycles. The number of hydrogen-bond donors (Lipinski definition) is 1. The maximum atomic E-state index is 10.3. The Kier molecular flexibility index (Phi) is 6.21. The molecule has 0 spiro atoms. The summed E-state index contributed by atoms with van der Waals surface area (Å²) in [6.07, 6.45) is 9.38. The Morgan fingerprint density at radius 3 is 2.34 bits per heavy atom. The van der Waals surface area contributed by atoms with E-state index in [4.69, 9.17) is 14.9 Å². The van der Waals surface area contributed by atoms with Gasteiger partial charge in [-0.05, 0) is 25.2 Å². The Bertz CT molecular complexity index is 746. The van der Waals surface area contributed by atoms with Crippen molar-refractivity contribution in [3.63, 3.8) is 0 Å². The number of nitrogens with zero attached hydrogens (tertiary/aromatic N) is 3. The minimum atomic E-state index is -1.71. The molecule has 1 saturated carbocycles. The van der Waals surface area contributed by atoms with Crippen LogP contribution in [0.5, 0.6) is 0 Å². The van der Waals surface area contributed by atoms with Gasteiger partial charge in [-0.2, -0.15) is 15.8 Å². The van der Waals surface area contributed by atoms with E-state index in [1.807, 2.05) is 0 Å². The number of hydrogen-bond acceptors (Lipinski definition) is 6. The van der Waals surface area contributed by atoms with Gasteiger partial charge in [0.25, 0.3) is 0 Å². The van der Waals surface area contributed by atoms with Gasteiger partial charge in [0.1, 0.15) is 0 Å². The molecule has 0 aromatic rings. The highest BCUT2D eigenvalue weighted by molar-refractivity contribution is 5.89. The van der Waals surface area contributed by atoms with E-state index in [-0.39, 0.29) is 5.90 Å². The number of rotatable bonds is 8. The normalized spacial score (nSPS) is 36.9. The minimum Gasteiger partial charge on any atom is -0.447 e. The molecule has 2 saturated heterocycles. The molecule has 6 nitrogen and oxygen atoms in total. The Hall–Kier alpha value is -2.10. The van der Waals surface area contributed by atoms with Crippen LogP contribution in [0.3, 0.4) is 0 Å². The molecule has 1 aliphatic carbocycles. The zero-order valence-electron chi connectivity index (χ0n) is 17.7. The second-order valence-corrected chi connectivity index (χ2v) is 8.99. The van der Waals surface area contributed by atoms with Crippen molar-refractivity contribution in [3.8, 4) is 18.2 Å². The third-order valence-electron chi connectivity index (χ3n) is 7.40. The van der Waals surface area contributed by atoms with Gasteiger partial charge in [0.05, 0.1) is 30.2 Å². The van der Waals surface area contributed by atoms with Crippen molar-refractivity contribution in [1.82, 2.24) is 0 Å². The van der Waals surface area contributed by atoms with Crippen molar-refractivity contribution >= 4 is 5.90 Å². The van der Waals surface area contributed by atoms with Crippen molar-refractivity contribution in [2.75, 3.05) is 0 Å². The molecule has 3 aliphatic rings. The van der Waals surface area contributed by atoms with E-state index in [0.717, 1.165) is 51.4 Å². The zero-order chi connectivity index (χ0) is 21.1. The number of nitriles is 3. The van der Waals surface area contributed by atoms with E-state index >= 15 is 0 Å². The SMILES string of the molecule is CCCCCCCC1OC23CCC(CCC)CC2C(C#N)(C(=N)O3)C1(C#N)C#N. The van der Waals surface area contributed by atoms with E-state index in [9.17, 15) is 15.8 Å². The van der Waals surface area contributed by atoms with Crippen molar-refractivity contribution < 1.29 is 9.47 Å². The summed E-state index contributed by atoms with van der Waals surface area (Å²) >= 11 is 0. The largest absolute Gasteiger partial charge is 0.447 e. The lowest BCUT2D eigenvalue weighted by molar-refractivity contribution is -0.297. The molecule has 0 amide bonds. The first-order valence-corrected chi connectivity index (χ1v) is 11.2. The van der Waals surface area contributed by atoms with E-state index in [2.05, 4.69) is 32.1 Å². The third-order valence-corrected chi connectivity index (χ3v) is 7.40. The maximum Gasteiger partial charge on any atom is 0.217 e. The summed E-state index contributed by atoms with van der Waals surface area (Å²) in [5, 5.41) is 39.3. The Morgan fingerprint density at radius 1 is 1.00 bits per heavy atom. The molecular formula is C23H32N4O2. The van der Waals surface area contributed by atoms with Gasteiger partial charge in [-0.15, -0.1) is 0 Å². The van der Waals surface area contributed by atoms with Crippen LogP contribution in [0.4, 0.5) is 0 Å². The fourth-order valence-corrected chi connectivity index (χ4v) is 5.89. The van der Waals surface area contributed by atoms with Gasteiger partial charge in [0.15, 0.2) is 10.8 Å². The second kappa shape index (κ2) is 8.33. The van der Waals surface area contributed by atoms with Crippen LogP contribution in [0.25, 0.3) is 0 Å². The van der Waals surface area contributed by atoms with E-state index in [0.29, 0.717) is 25.2 Å². The lowest BCUT2D eigenvalue weighted by Gasteiger charge is -2.52. The average molecular weight is 397 g/mol. The predicted molar refractivity (Wildman–Crippen MR) is 107 cm³/mol. The molecule has 2 heterocycles. The molecule has 0 aromatic heterocycles. The molecule has 5 atom stereocenters. The first-order chi connectivity index (χ1) is 14.0. The zero-order valence-corrected chi connectivity index (χ0v) is 17.7. The molecule has 3 fully saturated rings. The van der Waals surface area contributed by atoms with Crippen molar-refractivity contribution in [2.24, 2.45) is 22.7 Å². The van der Waals surface area contributed by atoms with Crippen LogP contribution in [0.2, 0.25) is 0 Å². The first-order valence-electron chi connectivity index (χ1n) is 11.2. The lowest BCUT2D eigenvalue weighted by Crippen LogP contribution is -2.64. The predicted octanol–water partition coefficient (Wildman–Crippen LogP) is 5.21. The molecule has 2 bridgehead atoms. The van der Waals surface area contributed by atoms with Crippen molar-refractivity contribution in [3.05, 3.63) is 0 Å². The summed E-state index contributed by atoms with van der Waals surface area (Å²) in [6, 6.07) is 6.61. The van der Waals surface area contributed by atoms with Crippen molar-refractivity contribution in [1.29, 1.82) is 21.2 Å². The van der Waals surface area contributed by atoms with Crippen LogP contribution < -0.4 is 0 Å². The van der Waals surface area contributed by atoms with Gasteiger partial charge in [-0.3, -0.25) is 5.41 Å². The van der Waals surface area contributed by atoms with E-state index < -0.39 is 28.6 Å². The Balaban J connectivity index is 1.97. The van der Waals surface area contributed by atoms with Crippen LogP contribution in [0.15, 0.2) is 0 Å². The minimum absolute atomic E-state index is 0.237. The summed E-state index contributed by atoms with van der Waals surface area (Å²) in [4.78, 5) is 0. The molecule has 6 heteroatoms. The number of nitrogens with one attached hydrogen (secondary N) is 1. The van der Waals surface area contributed by atoms with E-state index in [1.54, 1.807) is 0 Å². The molecule has 5 unspecified atom stereocenters. The second-order valence-electron chi connectivity index (χ2n) is 8.99. The highest BCUT2D eigenvalue weighted by Crippen LogP contribution is 2.67. The molecule has 0 radical (unpaired) electrons. The van der Waals surface area contributed by atoms with Gasteiger partial charge in [0.2, 0.25) is 11.7 Å². The summed E-state index contributed by atoms with van der Waals surface area (Å²) < 4.78 is 12.4. The van der Waals surface area contributed by atoms with Gasteiger partial charge >= 0.3 is 0 Å². The average Bonchev–Trinajstić information content (AvgIpc) is 2.93. The number of ether oxygens (including phenoxy) is 2. The highest BCUT2D eigenvalue weighted by Gasteiger charge is 2.80. The van der Waals surface area contributed by atoms with Crippen molar-refractivity contribution in [2.45, 2.75) is 96.4 Å². The Labute approximate surface area is 174 Å². The van der Waals surface area contributed by atoms with Crippen LogP contribution >= 0.6 is 0 Å². The van der Waals surface area contributed by atoms with Gasteiger partial charge in [-0.25, -0.2) is 0 Å². The topological polar surface area (TPSA) is 114 Å². The molecule has 29 heavy (non-hydrogen) atoms. The van der Waals surface area contributed by atoms with Crippen LogP contribution in [0, 0.1) is 62.1 Å². The van der Waals surface area contributed by atoms with Crippen LogP contribution in [-0.2, 0) is 9.47 Å². The highest BCUT2D eigenvalue weighted by atomic mass is 16.7. The van der Waals surface area contributed by atoms with Gasteiger partial charge in [-0.1, -0.05) is 58.8 Å². The maximum absolute atomic E-state index is 10.3. The van der Waals surface area contributed by atoms with Crippen LogP contribution in [-0.4, -0.2) is 17.8 Å². The Morgan fingerprint density at radius 2 is 1.72 bits per heavy atom. The fraction of sp³-hybridized carbons (Fsp3) is 0.826. The summed E-state index contributed by atoms with van der Waals surface area (Å²) in [7, 11) is 0. The smallest absolute Gasteiger partial charge is 0.217 e. The molecule has 0 aromatic carbocycles.